The van der Waals surface area contributed by atoms with Crippen molar-refractivity contribution < 1.29 is 0 Å². The van der Waals surface area contributed by atoms with E-state index in [-0.39, 0.29) is 0 Å². The fourth-order valence-electron chi connectivity index (χ4n) is 2.67. The SMILES string of the molecule is CN(C)CCN1CC2(CCN(I)CC2)C1. The van der Waals surface area contributed by atoms with Crippen LogP contribution in [0.1, 0.15) is 12.8 Å². The second-order valence-electron chi connectivity index (χ2n) is 5.42. The molecular formula is C11H22IN3. The van der Waals surface area contributed by atoms with Crippen LogP contribution in [-0.4, -0.2) is 66.3 Å². The number of rotatable bonds is 3. The predicted octanol–water partition coefficient (Wildman–Crippen LogP) is 1.30. The average Bonchev–Trinajstić information content (AvgIpc) is 2.14. The second-order valence-corrected chi connectivity index (χ2v) is 6.79. The van der Waals surface area contributed by atoms with Crippen LogP contribution in [0, 0.1) is 5.41 Å². The Morgan fingerprint density at radius 3 is 2.33 bits per heavy atom. The van der Waals surface area contributed by atoms with Crippen LogP contribution in [-0.2, 0) is 0 Å². The Kier molecular flexibility index (Phi) is 3.91. The van der Waals surface area contributed by atoms with E-state index >= 15 is 0 Å². The summed E-state index contributed by atoms with van der Waals surface area (Å²) in [6.45, 7) is 7.75. The molecule has 2 fully saturated rings. The highest BCUT2D eigenvalue weighted by Gasteiger charge is 2.43. The maximum absolute atomic E-state index is 2.61. The summed E-state index contributed by atoms with van der Waals surface area (Å²) in [5, 5.41) is 0. The summed E-state index contributed by atoms with van der Waals surface area (Å²) >= 11 is 2.46. The Bertz CT molecular complexity index is 204. The van der Waals surface area contributed by atoms with Crippen LogP contribution in [0.2, 0.25) is 0 Å². The first kappa shape index (κ1) is 12.1. The zero-order valence-corrected chi connectivity index (χ0v) is 12.0. The quantitative estimate of drug-likeness (QED) is 0.573. The van der Waals surface area contributed by atoms with Crippen molar-refractivity contribution in [2.75, 3.05) is 53.4 Å². The number of likely N-dealkylation sites (tertiary alicyclic amines) is 1. The van der Waals surface area contributed by atoms with Crippen molar-refractivity contribution in [2.45, 2.75) is 12.8 Å². The molecule has 88 valence electrons. The van der Waals surface area contributed by atoms with Gasteiger partial charge in [-0.1, -0.05) is 0 Å². The molecule has 0 unspecified atom stereocenters. The minimum absolute atomic E-state index is 0.702. The van der Waals surface area contributed by atoms with Gasteiger partial charge in [0.05, 0.1) is 0 Å². The highest BCUT2D eigenvalue weighted by Crippen LogP contribution is 2.40. The second kappa shape index (κ2) is 4.85. The summed E-state index contributed by atoms with van der Waals surface area (Å²) in [5.41, 5.74) is 0.702. The molecular weight excluding hydrogens is 301 g/mol. The minimum atomic E-state index is 0.702. The van der Waals surface area contributed by atoms with Gasteiger partial charge in [0.2, 0.25) is 0 Å². The van der Waals surface area contributed by atoms with Crippen LogP contribution < -0.4 is 0 Å². The highest BCUT2D eigenvalue weighted by molar-refractivity contribution is 14.1. The summed E-state index contributed by atoms with van der Waals surface area (Å²) in [5.74, 6) is 0. The van der Waals surface area contributed by atoms with E-state index in [4.69, 9.17) is 0 Å². The number of halogens is 1. The first-order valence-electron chi connectivity index (χ1n) is 5.88. The number of piperidine rings is 1. The fourth-order valence-corrected chi connectivity index (χ4v) is 3.15. The summed E-state index contributed by atoms with van der Waals surface area (Å²) in [6, 6.07) is 0. The molecule has 0 aromatic rings. The van der Waals surface area contributed by atoms with Gasteiger partial charge in [-0.15, -0.1) is 0 Å². The molecule has 2 heterocycles. The molecule has 2 aliphatic rings. The van der Waals surface area contributed by atoms with Gasteiger partial charge in [0.1, 0.15) is 0 Å². The van der Waals surface area contributed by atoms with Crippen molar-refractivity contribution in [1.82, 2.24) is 12.9 Å². The lowest BCUT2D eigenvalue weighted by atomic mass is 9.72. The third-order valence-corrected chi connectivity index (χ3v) is 4.72. The Balaban J connectivity index is 1.68. The van der Waals surface area contributed by atoms with Crippen molar-refractivity contribution in [2.24, 2.45) is 5.41 Å². The monoisotopic (exact) mass is 323 g/mol. The molecule has 1 spiro atoms. The number of likely N-dealkylation sites (N-methyl/N-ethyl adjacent to an activating group) is 1. The van der Waals surface area contributed by atoms with Crippen LogP contribution in [0.5, 0.6) is 0 Å². The van der Waals surface area contributed by atoms with E-state index in [2.05, 4.69) is 49.9 Å². The van der Waals surface area contributed by atoms with Crippen molar-refractivity contribution in [3.8, 4) is 0 Å². The van der Waals surface area contributed by atoms with Gasteiger partial charge < -0.3 is 9.80 Å². The van der Waals surface area contributed by atoms with Gasteiger partial charge in [0, 0.05) is 62.1 Å². The third-order valence-electron chi connectivity index (χ3n) is 3.75. The molecule has 0 amide bonds. The molecule has 0 aromatic carbocycles. The van der Waals surface area contributed by atoms with E-state index in [0.717, 1.165) is 0 Å². The summed E-state index contributed by atoms with van der Waals surface area (Å²) in [6.07, 6.45) is 2.82. The smallest absolute Gasteiger partial charge is 0.0201 e. The van der Waals surface area contributed by atoms with E-state index in [0.29, 0.717) is 5.41 Å². The standard InChI is InChI=1S/C11H22IN3/c1-13(2)7-8-14-9-11(10-14)3-5-15(12)6-4-11/h3-10H2,1-2H3. The van der Waals surface area contributed by atoms with Crippen LogP contribution in [0.15, 0.2) is 0 Å². The molecule has 0 bridgehead atoms. The van der Waals surface area contributed by atoms with E-state index < -0.39 is 0 Å². The Morgan fingerprint density at radius 1 is 1.20 bits per heavy atom. The third kappa shape index (κ3) is 3.05. The minimum Gasteiger partial charge on any atom is -0.308 e. The van der Waals surface area contributed by atoms with Crippen LogP contribution in [0.4, 0.5) is 0 Å². The Labute approximate surface area is 107 Å². The summed E-state index contributed by atoms with van der Waals surface area (Å²) < 4.78 is 2.44. The first-order valence-corrected chi connectivity index (χ1v) is 6.84. The van der Waals surface area contributed by atoms with Gasteiger partial charge in [-0.2, -0.15) is 0 Å². The van der Waals surface area contributed by atoms with E-state index in [1.807, 2.05) is 0 Å². The molecule has 2 aliphatic heterocycles. The van der Waals surface area contributed by atoms with Crippen molar-refractivity contribution in [1.29, 1.82) is 0 Å². The lowest BCUT2D eigenvalue weighted by Crippen LogP contribution is -2.60. The topological polar surface area (TPSA) is 9.72 Å². The molecule has 2 rings (SSSR count). The highest BCUT2D eigenvalue weighted by atomic mass is 127. The molecule has 4 heteroatoms. The number of nitrogens with zero attached hydrogens (tertiary/aromatic N) is 3. The van der Waals surface area contributed by atoms with Gasteiger partial charge in [0.25, 0.3) is 0 Å². The molecule has 0 aliphatic carbocycles. The molecule has 15 heavy (non-hydrogen) atoms. The van der Waals surface area contributed by atoms with Gasteiger partial charge in [-0.05, 0) is 32.4 Å². The average molecular weight is 323 g/mol. The molecule has 0 radical (unpaired) electrons. The van der Waals surface area contributed by atoms with Crippen LogP contribution in [0.3, 0.4) is 0 Å². The fraction of sp³-hybridized carbons (Fsp3) is 1.00. The normalized spacial score (nSPS) is 27.2. The number of hydrogen-bond acceptors (Lipinski definition) is 3. The van der Waals surface area contributed by atoms with E-state index in [1.54, 1.807) is 0 Å². The van der Waals surface area contributed by atoms with Gasteiger partial charge in [-0.25, -0.2) is 3.11 Å². The molecule has 0 atom stereocenters. The predicted molar refractivity (Wildman–Crippen MR) is 72.3 cm³/mol. The van der Waals surface area contributed by atoms with Gasteiger partial charge in [-0.3, -0.25) is 0 Å². The lowest BCUT2D eigenvalue weighted by Gasteiger charge is -2.53. The van der Waals surface area contributed by atoms with E-state index in [9.17, 15) is 0 Å². The van der Waals surface area contributed by atoms with Gasteiger partial charge >= 0.3 is 0 Å². The van der Waals surface area contributed by atoms with Crippen LogP contribution >= 0.6 is 22.9 Å². The summed E-state index contributed by atoms with van der Waals surface area (Å²) in [7, 11) is 4.31. The maximum atomic E-state index is 2.61. The van der Waals surface area contributed by atoms with Crippen molar-refractivity contribution in [3.05, 3.63) is 0 Å². The molecule has 2 saturated heterocycles. The zero-order valence-electron chi connectivity index (χ0n) is 9.88. The van der Waals surface area contributed by atoms with Crippen molar-refractivity contribution >= 4 is 22.9 Å². The van der Waals surface area contributed by atoms with Crippen molar-refractivity contribution in [3.63, 3.8) is 0 Å². The maximum Gasteiger partial charge on any atom is 0.0201 e. The molecule has 0 aromatic heterocycles. The lowest BCUT2D eigenvalue weighted by molar-refractivity contribution is -0.0331. The Morgan fingerprint density at radius 2 is 1.80 bits per heavy atom. The largest absolute Gasteiger partial charge is 0.308 e. The Hall–Kier alpha value is 0.610. The van der Waals surface area contributed by atoms with Crippen LogP contribution in [0.25, 0.3) is 0 Å². The molecule has 0 N–H and O–H groups in total. The van der Waals surface area contributed by atoms with Gasteiger partial charge in [0.15, 0.2) is 0 Å². The first-order chi connectivity index (χ1) is 7.10. The zero-order chi connectivity index (χ0) is 10.9. The molecule has 3 nitrogen and oxygen atoms in total. The number of hydrogen-bond donors (Lipinski definition) is 0. The van der Waals surface area contributed by atoms with E-state index in [1.165, 1.54) is 52.1 Å². The summed E-state index contributed by atoms with van der Waals surface area (Å²) in [4.78, 5) is 4.89. The molecule has 0 saturated carbocycles.